The van der Waals surface area contributed by atoms with Gasteiger partial charge in [-0.15, -0.1) is 10.2 Å². The van der Waals surface area contributed by atoms with E-state index in [1.165, 1.54) is 5.56 Å². The number of halogens is 1. The molecule has 2 heterocycles. The summed E-state index contributed by atoms with van der Waals surface area (Å²) in [5, 5.41) is 13.1. The van der Waals surface area contributed by atoms with E-state index in [9.17, 15) is 0 Å². The van der Waals surface area contributed by atoms with Crippen LogP contribution in [0.4, 0.5) is 0 Å². The predicted octanol–water partition coefficient (Wildman–Crippen LogP) is 2.87. The lowest BCUT2D eigenvalue weighted by Gasteiger charge is -1.82. The molecule has 2 nitrogen and oxygen atoms in total. The van der Waals surface area contributed by atoms with Crippen molar-refractivity contribution in [2.75, 3.05) is 0 Å². The van der Waals surface area contributed by atoms with Gasteiger partial charge < -0.3 is 0 Å². The van der Waals surface area contributed by atoms with Crippen molar-refractivity contribution in [1.82, 2.24) is 10.2 Å². The van der Waals surface area contributed by atoms with Gasteiger partial charge in [0.05, 0.1) is 0 Å². The van der Waals surface area contributed by atoms with Crippen molar-refractivity contribution in [3.05, 3.63) is 19.8 Å². The number of nitrogens with zero attached hydrogens (tertiary/aromatic N) is 2. The Bertz CT molecular complexity index is 341. The van der Waals surface area contributed by atoms with E-state index in [1.807, 2.05) is 5.38 Å². The summed E-state index contributed by atoms with van der Waals surface area (Å²) in [4.78, 5) is 0. The number of aromatic nitrogens is 2. The minimum absolute atomic E-state index is 0.990. The lowest BCUT2D eigenvalue weighted by Crippen LogP contribution is -1.70. The van der Waals surface area contributed by atoms with Crippen LogP contribution in [0, 0.1) is 3.01 Å². The first-order chi connectivity index (χ1) is 5.36. The van der Waals surface area contributed by atoms with Gasteiger partial charge in [-0.2, -0.15) is 11.3 Å². The van der Waals surface area contributed by atoms with E-state index in [4.69, 9.17) is 0 Å². The maximum absolute atomic E-state index is 4.03. The average molecular weight is 294 g/mol. The maximum Gasteiger partial charge on any atom is 0.178 e. The van der Waals surface area contributed by atoms with Gasteiger partial charge in [0.1, 0.15) is 5.01 Å². The average Bonchev–Trinajstić information content (AvgIpc) is 2.55. The van der Waals surface area contributed by atoms with Gasteiger partial charge in [-0.1, -0.05) is 11.3 Å². The van der Waals surface area contributed by atoms with Gasteiger partial charge in [-0.3, -0.25) is 0 Å². The molecule has 2 rings (SSSR count). The van der Waals surface area contributed by atoms with Gasteiger partial charge in [0, 0.05) is 10.9 Å². The van der Waals surface area contributed by atoms with Gasteiger partial charge >= 0.3 is 0 Å². The number of thiophene rings is 1. The summed E-state index contributed by atoms with van der Waals surface area (Å²) in [6.07, 6.45) is 0. The molecule has 0 atom stereocenters. The van der Waals surface area contributed by atoms with Crippen LogP contribution in [0.2, 0.25) is 0 Å². The van der Waals surface area contributed by atoms with E-state index in [1.54, 1.807) is 22.7 Å². The van der Waals surface area contributed by atoms with Crippen LogP contribution >= 0.6 is 45.3 Å². The lowest BCUT2D eigenvalue weighted by atomic mass is 10.4. The Hall–Kier alpha value is -0.0100. The number of hydrogen-bond donors (Lipinski definition) is 0. The van der Waals surface area contributed by atoms with Gasteiger partial charge in [0.25, 0.3) is 0 Å². The van der Waals surface area contributed by atoms with Crippen LogP contribution in [0.5, 0.6) is 0 Å². The quantitative estimate of drug-likeness (QED) is 0.756. The van der Waals surface area contributed by atoms with Crippen molar-refractivity contribution in [1.29, 1.82) is 0 Å². The second-order valence-electron chi connectivity index (χ2n) is 1.87. The molecule has 2 aromatic rings. The topological polar surface area (TPSA) is 25.8 Å². The molecule has 0 N–H and O–H groups in total. The maximum atomic E-state index is 4.03. The molecule has 0 aliphatic carbocycles. The molecule has 56 valence electrons. The molecule has 0 unspecified atom stereocenters. The Morgan fingerprint density at radius 3 is 2.82 bits per heavy atom. The van der Waals surface area contributed by atoms with Crippen molar-refractivity contribution >= 4 is 45.3 Å². The van der Waals surface area contributed by atoms with E-state index in [0.717, 1.165) is 8.02 Å². The first-order valence-electron chi connectivity index (χ1n) is 2.88. The Balaban J connectivity index is 2.45. The summed E-state index contributed by atoms with van der Waals surface area (Å²) in [7, 11) is 0. The van der Waals surface area contributed by atoms with E-state index < -0.39 is 0 Å². The summed E-state index contributed by atoms with van der Waals surface area (Å²) < 4.78 is 0.990. The highest BCUT2D eigenvalue weighted by atomic mass is 127. The molecule has 0 spiro atoms. The molecule has 5 heteroatoms. The van der Waals surface area contributed by atoms with Crippen molar-refractivity contribution < 1.29 is 0 Å². The third-order valence-electron chi connectivity index (χ3n) is 1.17. The molecule has 0 fully saturated rings. The number of rotatable bonds is 1. The molecule has 0 aliphatic heterocycles. The molecule has 0 aromatic carbocycles. The molecule has 0 amide bonds. The van der Waals surface area contributed by atoms with Gasteiger partial charge in [0.15, 0.2) is 3.01 Å². The van der Waals surface area contributed by atoms with E-state index in [2.05, 4.69) is 44.2 Å². The summed E-state index contributed by atoms with van der Waals surface area (Å²) in [6, 6.07) is 2.06. The van der Waals surface area contributed by atoms with Crippen LogP contribution < -0.4 is 0 Å². The molecule has 11 heavy (non-hydrogen) atoms. The Morgan fingerprint density at radius 2 is 2.27 bits per heavy atom. The summed E-state index contributed by atoms with van der Waals surface area (Å²) in [5.41, 5.74) is 1.18. The van der Waals surface area contributed by atoms with Gasteiger partial charge in [-0.05, 0) is 34.0 Å². The lowest BCUT2D eigenvalue weighted by molar-refractivity contribution is 1.07. The van der Waals surface area contributed by atoms with E-state index >= 15 is 0 Å². The summed E-state index contributed by atoms with van der Waals surface area (Å²) in [5.74, 6) is 0. The summed E-state index contributed by atoms with van der Waals surface area (Å²) >= 11 is 5.47. The first-order valence-corrected chi connectivity index (χ1v) is 5.71. The number of hydrogen-bond acceptors (Lipinski definition) is 4. The highest BCUT2D eigenvalue weighted by Crippen LogP contribution is 2.25. The fraction of sp³-hybridized carbons (Fsp3) is 0. The fourth-order valence-electron chi connectivity index (χ4n) is 0.708. The molecule has 0 saturated carbocycles. The minimum Gasteiger partial charge on any atom is -0.152 e. The third-order valence-corrected chi connectivity index (χ3v) is 3.49. The van der Waals surface area contributed by atoms with Crippen molar-refractivity contribution in [2.45, 2.75) is 0 Å². The highest BCUT2D eigenvalue weighted by Gasteiger charge is 2.03. The van der Waals surface area contributed by atoms with Crippen molar-refractivity contribution in [2.24, 2.45) is 0 Å². The largest absolute Gasteiger partial charge is 0.178 e. The third kappa shape index (κ3) is 1.60. The fourth-order valence-corrected chi connectivity index (χ4v) is 2.72. The highest BCUT2D eigenvalue weighted by molar-refractivity contribution is 14.1. The molecule has 0 bridgehead atoms. The molecule has 0 radical (unpaired) electrons. The van der Waals surface area contributed by atoms with Crippen LogP contribution in [0.1, 0.15) is 0 Å². The molecular formula is C6H3IN2S2. The second-order valence-corrected chi connectivity index (χ2v) is 5.38. The van der Waals surface area contributed by atoms with Crippen LogP contribution in [0.3, 0.4) is 0 Å². The van der Waals surface area contributed by atoms with Crippen molar-refractivity contribution in [3.8, 4) is 10.6 Å². The molecule has 0 saturated heterocycles. The monoisotopic (exact) mass is 294 g/mol. The SMILES string of the molecule is Ic1nnc(-c2ccsc2)s1. The zero-order valence-corrected chi connectivity index (χ0v) is 9.11. The zero-order chi connectivity index (χ0) is 7.68. The van der Waals surface area contributed by atoms with Crippen LogP contribution in [0.15, 0.2) is 16.8 Å². The normalized spacial score (nSPS) is 10.3. The van der Waals surface area contributed by atoms with E-state index in [0.29, 0.717) is 0 Å². The Labute approximate surface area is 85.4 Å². The Kier molecular flexibility index (Phi) is 2.19. The smallest absolute Gasteiger partial charge is 0.152 e. The molecule has 2 aromatic heterocycles. The Morgan fingerprint density at radius 1 is 1.36 bits per heavy atom. The minimum atomic E-state index is 0.990. The van der Waals surface area contributed by atoms with Crippen LogP contribution in [0.25, 0.3) is 10.6 Å². The van der Waals surface area contributed by atoms with Crippen molar-refractivity contribution in [3.63, 3.8) is 0 Å². The van der Waals surface area contributed by atoms with Gasteiger partial charge in [-0.25, -0.2) is 0 Å². The van der Waals surface area contributed by atoms with Gasteiger partial charge in [0.2, 0.25) is 0 Å². The standard InChI is InChI=1S/C6H3IN2S2/c7-6-9-8-5(11-6)4-1-2-10-3-4/h1-3H. The zero-order valence-electron chi connectivity index (χ0n) is 5.32. The molecule has 0 aliphatic rings. The van der Waals surface area contributed by atoms with Crippen LogP contribution in [-0.2, 0) is 0 Å². The van der Waals surface area contributed by atoms with Crippen LogP contribution in [-0.4, -0.2) is 10.2 Å². The first kappa shape index (κ1) is 7.63. The second kappa shape index (κ2) is 3.16. The van der Waals surface area contributed by atoms with E-state index in [-0.39, 0.29) is 0 Å². The molecular weight excluding hydrogens is 291 g/mol. The summed E-state index contributed by atoms with van der Waals surface area (Å²) in [6.45, 7) is 0. The predicted molar refractivity (Wildman–Crippen MR) is 55.9 cm³/mol.